The molecule has 1 aliphatic rings. The fourth-order valence-electron chi connectivity index (χ4n) is 2.09. The molecule has 0 bridgehead atoms. The van der Waals surface area contributed by atoms with Crippen molar-refractivity contribution >= 4 is 0 Å². The molecule has 1 fully saturated rings. The van der Waals surface area contributed by atoms with Gasteiger partial charge >= 0.3 is 6.18 Å². The molecule has 1 aromatic carbocycles. The van der Waals surface area contributed by atoms with Crippen molar-refractivity contribution in [2.45, 2.75) is 44.5 Å². The van der Waals surface area contributed by atoms with E-state index in [0.717, 1.165) is 37.9 Å². The lowest BCUT2D eigenvalue weighted by atomic mass is 9.89. The molecule has 1 N–H and O–H groups in total. The fourth-order valence-corrected chi connectivity index (χ4v) is 2.09. The Morgan fingerprint density at radius 2 is 1.84 bits per heavy atom. The monoisotopic (exact) mass is 273 g/mol. The van der Waals surface area contributed by atoms with E-state index in [1.165, 1.54) is 12.1 Å². The molecule has 0 atom stereocenters. The van der Waals surface area contributed by atoms with Crippen LogP contribution < -0.4 is 10.1 Å². The highest BCUT2D eigenvalue weighted by Gasteiger charge is 2.32. The minimum absolute atomic E-state index is 0.117. The molecule has 19 heavy (non-hydrogen) atoms. The smallest absolute Gasteiger partial charge is 0.416 e. The van der Waals surface area contributed by atoms with Gasteiger partial charge in [0.1, 0.15) is 11.9 Å². The highest BCUT2D eigenvalue weighted by Crippen LogP contribution is 2.31. The molecular formula is C14H18F3NO. The Labute approximate surface area is 111 Å². The third-order valence-corrected chi connectivity index (χ3v) is 3.26. The first-order chi connectivity index (χ1) is 8.99. The minimum Gasteiger partial charge on any atom is -0.490 e. The molecule has 0 aliphatic heterocycles. The summed E-state index contributed by atoms with van der Waals surface area (Å²) in [4.78, 5) is 0. The predicted octanol–water partition coefficient (Wildman–Crippen LogP) is 3.61. The first-order valence-electron chi connectivity index (χ1n) is 6.56. The number of benzene rings is 1. The molecule has 0 amide bonds. The van der Waals surface area contributed by atoms with Crippen LogP contribution in [0.2, 0.25) is 0 Å². The second kappa shape index (κ2) is 5.82. The molecule has 2 rings (SSSR count). The van der Waals surface area contributed by atoms with Crippen molar-refractivity contribution in [3.8, 4) is 5.75 Å². The zero-order chi connectivity index (χ0) is 13.9. The number of rotatable bonds is 5. The lowest BCUT2D eigenvalue weighted by molar-refractivity contribution is -0.137. The Hall–Kier alpha value is -1.23. The second-order valence-electron chi connectivity index (χ2n) is 4.88. The van der Waals surface area contributed by atoms with Crippen molar-refractivity contribution in [1.29, 1.82) is 0 Å². The standard InChI is InChI=1S/C14H18F3NO/c1-2-7-18-11-8-13(9-11)19-12-5-3-10(4-6-12)14(15,16)17/h3-6,11,13,18H,2,7-9H2,1H3. The summed E-state index contributed by atoms with van der Waals surface area (Å²) in [5.74, 6) is 0.506. The van der Waals surface area contributed by atoms with Gasteiger partial charge in [0.05, 0.1) is 5.56 Å². The average Bonchev–Trinajstić information content (AvgIpc) is 2.31. The van der Waals surface area contributed by atoms with Gasteiger partial charge in [-0.2, -0.15) is 13.2 Å². The van der Waals surface area contributed by atoms with E-state index in [-0.39, 0.29) is 6.10 Å². The van der Waals surface area contributed by atoms with Gasteiger partial charge in [-0.05, 0) is 50.1 Å². The molecule has 5 heteroatoms. The van der Waals surface area contributed by atoms with E-state index in [4.69, 9.17) is 4.74 Å². The number of nitrogens with one attached hydrogen (secondary N) is 1. The van der Waals surface area contributed by atoms with E-state index < -0.39 is 11.7 Å². The van der Waals surface area contributed by atoms with Crippen molar-refractivity contribution in [2.24, 2.45) is 0 Å². The first kappa shape index (κ1) is 14.2. The molecule has 1 aliphatic carbocycles. The SMILES string of the molecule is CCCNC1CC(Oc2ccc(C(F)(F)F)cc2)C1. The van der Waals surface area contributed by atoms with E-state index in [0.29, 0.717) is 11.8 Å². The van der Waals surface area contributed by atoms with Crippen LogP contribution in [0.3, 0.4) is 0 Å². The van der Waals surface area contributed by atoms with Gasteiger partial charge in [0.15, 0.2) is 0 Å². The molecule has 0 radical (unpaired) electrons. The maximum atomic E-state index is 12.4. The molecule has 1 aromatic rings. The lowest BCUT2D eigenvalue weighted by Crippen LogP contribution is -2.46. The third kappa shape index (κ3) is 3.86. The van der Waals surface area contributed by atoms with E-state index in [1.807, 2.05) is 0 Å². The minimum atomic E-state index is -4.29. The molecule has 0 unspecified atom stereocenters. The van der Waals surface area contributed by atoms with Gasteiger partial charge in [-0.3, -0.25) is 0 Å². The largest absolute Gasteiger partial charge is 0.490 e. The van der Waals surface area contributed by atoms with Gasteiger partial charge in [0.25, 0.3) is 0 Å². The van der Waals surface area contributed by atoms with Gasteiger partial charge in [-0.15, -0.1) is 0 Å². The number of hydrogen-bond acceptors (Lipinski definition) is 2. The summed E-state index contributed by atoms with van der Waals surface area (Å²) >= 11 is 0. The Kier molecular flexibility index (Phi) is 4.34. The summed E-state index contributed by atoms with van der Waals surface area (Å²) in [5, 5.41) is 3.38. The van der Waals surface area contributed by atoms with Crippen LogP contribution in [0.25, 0.3) is 0 Å². The second-order valence-corrected chi connectivity index (χ2v) is 4.88. The molecule has 2 nitrogen and oxygen atoms in total. The molecular weight excluding hydrogens is 255 g/mol. The van der Waals surface area contributed by atoms with Gasteiger partial charge in [0, 0.05) is 6.04 Å². The summed E-state index contributed by atoms with van der Waals surface area (Å²) in [6.07, 6.45) is -1.24. The van der Waals surface area contributed by atoms with Crippen molar-refractivity contribution in [3.05, 3.63) is 29.8 Å². The molecule has 0 heterocycles. The van der Waals surface area contributed by atoms with Crippen molar-refractivity contribution in [2.75, 3.05) is 6.54 Å². The molecule has 106 valence electrons. The van der Waals surface area contributed by atoms with E-state index in [1.54, 1.807) is 0 Å². The normalized spacial score (nSPS) is 22.9. The molecule has 0 spiro atoms. The van der Waals surface area contributed by atoms with Crippen LogP contribution in [0.5, 0.6) is 5.75 Å². The Morgan fingerprint density at radius 1 is 1.21 bits per heavy atom. The van der Waals surface area contributed by atoms with Crippen molar-refractivity contribution in [3.63, 3.8) is 0 Å². The van der Waals surface area contributed by atoms with E-state index in [2.05, 4.69) is 12.2 Å². The Balaban J connectivity index is 1.79. The van der Waals surface area contributed by atoms with Crippen LogP contribution in [0.1, 0.15) is 31.7 Å². The zero-order valence-electron chi connectivity index (χ0n) is 10.8. The van der Waals surface area contributed by atoms with Crippen LogP contribution >= 0.6 is 0 Å². The van der Waals surface area contributed by atoms with Crippen LogP contribution in [-0.4, -0.2) is 18.7 Å². The van der Waals surface area contributed by atoms with Gasteiger partial charge < -0.3 is 10.1 Å². The maximum absolute atomic E-state index is 12.4. The Bertz CT molecular complexity index is 396. The topological polar surface area (TPSA) is 21.3 Å². The van der Waals surface area contributed by atoms with E-state index >= 15 is 0 Å². The number of hydrogen-bond donors (Lipinski definition) is 1. The summed E-state index contributed by atoms with van der Waals surface area (Å²) in [7, 11) is 0. The number of alkyl halides is 3. The average molecular weight is 273 g/mol. The summed E-state index contributed by atoms with van der Waals surface area (Å²) in [5.41, 5.74) is -0.643. The van der Waals surface area contributed by atoms with Crippen molar-refractivity contribution in [1.82, 2.24) is 5.32 Å². The third-order valence-electron chi connectivity index (χ3n) is 3.26. The maximum Gasteiger partial charge on any atom is 0.416 e. The summed E-state index contributed by atoms with van der Waals surface area (Å²) < 4.78 is 42.8. The van der Waals surface area contributed by atoms with Crippen LogP contribution in [0.4, 0.5) is 13.2 Å². The highest BCUT2D eigenvalue weighted by atomic mass is 19.4. The molecule has 0 aromatic heterocycles. The first-order valence-corrected chi connectivity index (χ1v) is 6.56. The van der Waals surface area contributed by atoms with Crippen LogP contribution in [0, 0.1) is 0 Å². The van der Waals surface area contributed by atoms with Gasteiger partial charge in [-0.1, -0.05) is 6.92 Å². The van der Waals surface area contributed by atoms with Crippen LogP contribution in [0.15, 0.2) is 24.3 Å². The lowest BCUT2D eigenvalue weighted by Gasteiger charge is -2.36. The summed E-state index contributed by atoms with van der Waals surface area (Å²) in [6.45, 7) is 3.11. The summed E-state index contributed by atoms with van der Waals surface area (Å²) in [6, 6.07) is 5.37. The van der Waals surface area contributed by atoms with Gasteiger partial charge in [0.2, 0.25) is 0 Å². The van der Waals surface area contributed by atoms with E-state index in [9.17, 15) is 13.2 Å². The molecule has 0 saturated heterocycles. The highest BCUT2D eigenvalue weighted by molar-refractivity contribution is 5.29. The fraction of sp³-hybridized carbons (Fsp3) is 0.571. The molecule has 1 saturated carbocycles. The Morgan fingerprint density at radius 3 is 2.37 bits per heavy atom. The van der Waals surface area contributed by atoms with Crippen molar-refractivity contribution < 1.29 is 17.9 Å². The predicted molar refractivity (Wildman–Crippen MR) is 67.2 cm³/mol. The quantitative estimate of drug-likeness (QED) is 0.884. The zero-order valence-corrected chi connectivity index (χ0v) is 10.8. The number of halogens is 3. The number of ether oxygens (including phenoxy) is 1. The van der Waals surface area contributed by atoms with Gasteiger partial charge in [-0.25, -0.2) is 0 Å². The van der Waals surface area contributed by atoms with Crippen LogP contribution in [-0.2, 0) is 6.18 Å².